The Bertz CT molecular complexity index is 884. The highest BCUT2D eigenvalue weighted by atomic mass is 35.5. The van der Waals surface area contributed by atoms with Gasteiger partial charge in [-0.05, 0) is 24.1 Å². The summed E-state index contributed by atoms with van der Waals surface area (Å²) in [5.74, 6) is -1.05. The Morgan fingerprint density at radius 2 is 1.70 bits per heavy atom. The van der Waals surface area contributed by atoms with Crippen molar-refractivity contribution in [3.8, 4) is 0 Å². The molecule has 0 bridgehead atoms. The smallest absolute Gasteiger partial charge is 0.322 e. The Balaban J connectivity index is 1.81. The molecule has 1 fully saturated rings. The Labute approximate surface area is 166 Å². The molecule has 3 rings (SSSR count). The number of anilines is 1. The molecule has 1 saturated heterocycles. The van der Waals surface area contributed by atoms with Gasteiger partial charge in [-0.15, -0.1) is 0 Å². The Hall–Kier alpha value is -2.57. The van der Waals surface area contributed by atoms with Crippen molar-refractivity contribution in [1.29, 1.82) is 0 Å². The lowest BCUT2D eigenvalue weighted by Crippen LogP contribution is -2.44. The minimum Gasteiger partial charge on any atom is -0.322 e. The first-order chi connectivity index (χ1) is 12.9. The molecular formula is C19H17Cl2N3O3. The number of nitrogens with zero attached hydrogens (tertiary/aromatic N) is 1. The van der Waals surface area contributed by atoms with Crippen LogP contribution in [0.5, 0.6) is 0 Å². The zero-order valence-corrected chi connectivity index (χ0v) is 16.0. The number of nitrogens with one attached hydrogen (secondary N) is 2. The quantitative estimate of drug-likeness (QED) is 0.742. The van der Waals surface area contributed by atoms with Gasteiger partial charge in [0.1, 0.15) is 12.1 Å². The van der Waals surface area contributed by atoms with Crippen LogP contribution in [0.25, 0.3) is 0 Å². The van der Waals surface area contributed by atoms with Crippen molar-refractivity contribution >= 4 is 46.7 Å². The van der Waals surface area contributed by atoms with Gasteiger partial charge in [0.15, 0.2) is 0 Å². The molecule has 1 aliphatic rings. The summed E-state index contributed by atoms with van der Waals surface area (Å²) in [7, 11) is 0. The van der Waals surface area contributed by atoms with E-state index in [0.717, 1.165) is 4.90 Å². The molecule has 1 heterocycles. The summed E-state index contributed by atoms with van der Waals surface area (Å²) in [6.45, 7) is 1.36. The molecular weight excluding hydrogens is 389 g/mol. The maximum atomic E-state index is 13.0. The predicted octanol–water partition coefficient (Wildman–Crippen LogP) is 3.79. The minimum absolute atomic E-state index is 0.239. The number of rotatable bonds is 5. The lowest BCUT2D eigenvalue weighted by molar-refractivity contribution is -0.134. The number of para-hydroxylation sites is 1. The second-order valence-electron chi connectivity index (χ2n) is 6.09. The van der Waals surface area contributed by atoms with Crippen molar-refractivity contribution < 1.29 is 14.4 Å². The molecule has 4 amide bonds. The van der Waals surface area contributed by atoms with Crippen molar-refractivity contribution in [3.63, 3.8) is 0 Å². The van der Waals surface area contributed by atoms with Crippen LogP contribution in [-0.2, 0) is 15.1 Å². The molecule has 27 heavy (non-hydrogen) atoms. The molecule has 140 valence electrons. The first-order valence-corrected chi connectivity index (χ1v) is 9.08. The molecule has 0 aliphatic carbocycles. The first kappa shape index (κ1) is 19.2. The number of carbonyl (C=O) groups excluding carboxylic acids is 3. The highest BCUT2D eigenvalue weighted by molar-refractivity contribution is 6.39. The van der Waals surface area contributed by atoms with E-state index in [-0.39, 0.29) is 15.7 Å². The number of imide groups is 1. The topological polar surface area (TPSA) is 78.5 Å². The molecule has 1 aliphatic heterocycles. The summed E-state index contributed by atoms with van der Waals surface area (Å²) >= 11 is 12.1. The van der Waals surface area contributed by atoms with E-state index in [2.05, 4.69) is 10.6 Å². The zero-order valence-electron chi connectivity index (χ0n) is 14.5. The molecule has 0 aromatic heterocycles. The summed E-state index contributed by atoms with van der Waals surface area (Å²) in [5, 5.41) is 5.81. The Morgan fingerprint density at radius 3 is 2.30 bits per heavy atom. The van der Waals surface area contributed by atoms with E-state index in [0.29, 0.717) is 12.0 Å². The van der Waals surface area contributed by atoms with Gasteiger partial charge in [-0.25, -0.2) is 4.79 Å². The molecule has 1 unspecified atom stereocenters. The summed E-state index contributed by atoms with van der Waals surface area (Å²) in [4.78, 5) is 38.7. The van der Waals surface area contributed by atoms with Crippen molar-refractivity contribution in [2.45, 2.75) is 18.9 Å². The Morgan fingerprint density at radius 1 is 1.07 bits per heavy atom. The highest BCUT2D eigenvalue weighted by Gasteiger charge is 2.51. The largest absolute Gasteiger partial charge is 0.325 e. The zero-order chi connectivity index (χ0) is 19.6. The number of benzene rings is 2. The van der Waals surface area contributed by atoms with Crippen molar-refractivity contribution in [2.75, 3.05) is 11.9 Å². The molecule has 2 N–H and O–H groups in total. The van der Waals surface area contributed by atoms with Gasteiger partial charge in [0.05, 0.1) is 15.7 Å². The van der Waals surface area contributed by atoms with Crippen molar-refractivity contribution in [1.82, 2.24) is 10.2 Å². The summed E-state index contributed by atoms with van der Waals surface area (Å²) in [5.41, 5.74) is -0.272. The summed E-state index contributed by atoms with van der Waals surface area (Å²) in [6.07, 6.45) is 0.357. The third-order valence-electron chi connectivity index (χ3n) is 4.50. The molecule has 2 aromatic carbocycles. The number of hydrogen-bond donors (Lipinski definition) is 2. The number of hydrogen-bond acceptors (Lipinski definition) is 3. The number of carbonyl (C=O) groups is 3. The van der Waals surface area contributed by atoms with E-state index in [1.165, 1.54) is 0 Å². The van der Waals surface area contributed by atoms with E-state index >= 15 is 0 Å². The van der Waals surface area contributed by atoms with E-state index in [1.54, 1.807) is 49.4 Å². The summed E-state index contributed by atoms with van der Waals surface area (Å²) < 4.78 is 0. The van der Waals surface area contributed by atoms with Crippen LogP contribution in [0, 0.1) is 0 Å². The minimum atomic E-state index is -1.18. The molecule has 0 spiro atoms. The van der Waals surface area contributed by atoms with Gasteiger partial charge >= 0.3 is 6.03 Å². The second kappa shape index (κ2) is 7.58. The van der Waals surface area contributed by atoms with Crippen LogP contribution in [0.4, 0.5) is 10.5 Å². The van der Waals surface area contributed by atoms with Crippen LogP contribution < -0.4 is 10.6 Å². The fourth-order valence-corrected chi connectivity index (χ4v) is 3.56. The van der Waals surface area contributed by atoms with E-state index in [1.807, 2.05) is 6.07 Å². The van der Waals surface area contributed by atoms with Crippen molar-refractivity contribution in [2.24, 2.45) is 0 Å². The van der Waals surface area contributed by atoms with E-state index in [4.69, 9.17) is 23.2 Å². The van der Waals surface area contributed by atoms with Gasteiger partial charge in [-0.3, -0.25) is 14.5 Å². The lowest BCUT2D eigenvalue weighted by atomic mass is 9.87. The predicted molar refractivity (Wildman–Crippen MR) is 104 cm³/mol. The standard InChI is InChI=1S/C19H17Cl2N3O3/c1-2-19(12-7-4-3-5-8-12)17(26)24(18(27)23-19)11-15(25)22-16-13(20)9-6-10-14(16)21/h3-10H,2,11H2,1H3,(H,22,25)(H,23,27). The van der Waals surface area contributed by atoms with Gasteiger partial charge in [-0.2, -0.15) is 0 Å². The third-order valence-corrected chi connectivity index (χ3v) is 5.13. The maximum absolute atomic E-state index is 13.0. The molecule has 6 nitrogen and oxygen atoms in total. The molecule has 2 aromatic rings. The fraction of sp³-hybridized carbons (Fsp3) is 0.211. The third kappa shape index (κ3) is 3.50. The van der Waals surface area contributed by atoms with Crippen LogP contribution in [0.2, 0.25) is 10.0 Å². The lowest BCUT2D eigenvalue weighted by Gasteiger charge is -2.25. The summed E-state index contributed by atoms with van der Waals surface area (Å²) in [6, 6.07) is 13.1. The average Bonchev–Trinajstić information content (AvgIpc) is 2.90. The normalized spacial score (nSPS) is 19.1. The van der Waals surface area contributed by atoms with E-state index in [9.17, 15) is 14.4 Å². The molecule has 0 radical (unpaired) electrons. The van der Waals surface area contributed by atoms with Gasteiger partial charge in [-0.1, -0.05) is 66.5 Å². The van der Waals surface area contributed by atoms with Crippen LogP contribution in [-0.4, -0.2) is 29.3 Å². The van der Waals surface area contributed by atoms with Crippen LogP contribution >= 0.6 is 23.2 Å². The van der Waals surface area contributed by atoms with Gasteiger partial charge < -0.3 is 10.6 Å². The van der Waals surface area contributed by atoms with E-state index < -0.39 is 29.9 Å². The Kier molecular flexibility index (Phi) is 5.39. The molecule has 1 atom stereocenters. The van der Waals surface area contributed by atoms with Crippen LogP contribution in [0.3, 0.4) is 0 Å². The second-order valence-corrected chi connectivity index (χ2v) is 6.91. The SMILES string of the molecule is CCC1(c2ccccc2)NC(=O)N(CC(=O)Nc2c(Cl)cccc2Cl)C1=O. The van der Waals surface area contributed by atoms with Crippen LogP contribution in [0.15, 0.2) is 48.5 Å². The highest BCUT2D eigenvalue weighted by Crippen LogP contribution is 2.33. The van der Waals surface area contributed by atoms with Crippen molar-refractivity contribution in [3.05, 3.63) is 64.1 Å². The molecule has 8 heteroatoms. The maximum Gasteiger partial charge on any atom is 0.325 e. The van der Waals surface area contributed by atoms with Crippen LogP contribution in [0.1, 0.15) is 18.9 Å². The first-order valence-electron chi connectivity index (χ1n) is 8.32. The number of amides is 4. The van der Waals surface area contributed by atoms with Gasteiger partial charge in [0.2, 0.25) is 5.91 Å². The molecule has 0 saturated carbocycles. The number of urea groups is 1. The monoisotopic (exact) mass is 405 g/mol. The average molecular weight is 406 g/mol. The van der Waals surface area contributed by atoms with Gasteiger partial charge in [0.25, 0.3) is 5.91 Å². The van der Waals surface area contributed by atoms with Gasteiger partial charge in [0, 0.05) is 0 Å². The fourth-order valence-electron chi connectivity index (χ4n) is 3.07. The number of halogens is 2.